The van der Waals surface area contributed by atoms with Crippen LogP contribution in [0.15, 0.2) is 30.3 Å². The van der Waals surface area contributed by atoms with Gasteiger partial charge in [0.05, 0.1) is 24.3 Å². The summed E-state index contributed by atoms with van der Waals surface area (Å²) in [4.78, 5) is 29.4. The Morgan fingerprint density at radius 3 is 2.57 bits per heavy atom. The summed E-state index contributed by atoms with van der Waals surface area (Å²) in [5.74, 6) is -5.34. The number of fused-ring (bicyclic) bond motifs is 1. The lowest BCUT2D eigenvalue weighted by Crippen LogP contribution is -2.30. The molecule has 0 saturated carbocycles. The summed E-state index contributed by atoms with van der Waals surface area (Å²) in [5, 5.41) is 0.113. The van der Waals surface area contributed by atoms with E-state index in [1.807, 2.05) is 0 Å². The lowest BCUT2D eigenvalue weighted by atomic mass is 10.2. The second kappa shape index (κ2) is 9.21. The van der Waals surface area contributed by atoms with E-state index >= 15 is 0 Å². The highest BCUT2D eigenvalue weighted by atomic mass is 32.1. The van der Waals surface area contributed by atoms with Crippen LogP contribution in [-0.4, -0.2) is 23.5 Å². The fraction of sp³-hybridized carbons (Fsp3) is 0.250. The van der Waals surface area contributed by atoms with Gasteiger partial charge in [-0.1, -0.05) is 6.07 Å². The molecule has 0 aliphatic rings. The number of rotatable bonds is 7. The van der Waals surface area contributed by atoms with E-state index in [1.165, 1.54) is 18.2 Å². The number of hydrogen-bond donors (Lipinski definition) is 0. The number of amides is 1. The SMILES string of the molecule is CCOC(=O)CCC(=O)N(Cc1nc2c(F)c(F)cc(F)c2s1)c1cccc(F)c1. The molecule has 2 aromatic carbocycles. The van der Waals surface area contributed by atoms with Gasteiger partial charge in [-0.3, -0.25) is 9.59 Å². The first-order chi connectivity index (χ1) is 14.3. The van der Waals surface area contributed by atoms with Gasteiger partial charge in [0.15, 0.2) is 11.6 Å². The number of benzene rings is 2. The van der Waals surface area contributed by atoms with Crippen molar-refractivity contribution >= 4 is 39.1 Å². The van der Waals surface area contributed by atoms with E-state index in [-0.39, 0.29) is 41.4 Å². The Morgan fingerprint density at radius 2 is 1.87 bits per heavy atom. The molecule has 0 bridgehead atoms. The van der Waals surface area contributed by atoms with E-state index in [9.17, 15) is 27.2 Å². The quantitative estimate of drug-likeness (QED) is 0.303. The molecule has 0 aliphatic carbocycles. The summed E-state index contributed by atoms with van der Waals surface area (Å²) in [6.45, 7) is 1.55. The molecule has 0 atom stereocenters. The van der Waals surface area contributed by atoms with Crippen molar-refractivity contribution in [2.24, 2.45) is 0 Å². The van der Waals surface area contributed by atoms with Crippen LogP contribution in [0.2, 0.25) is 0 Å². The molecule has 3 rings (SSSR count). The minimum Gasteiger partial charge on any atom is -0.466 e. The molecule has 5 nitrogen and oxygen atoms in total. The molecule has 30 heavy (non-hydrogen) atoms. The van der Waals surface area contributed by atoms with E-state index in [4.69, 9.17) is 4.74 Å². The Bertz CT molecular complexity index is 1100. The van der Waals surface area contributed by atoms with Crippen molar-refractivity contribution in [3.8, 4) is 0 Å². The van der Waals surface area contributed by atoms with Crippen LogP contribution in [-0.2, 0) is 20.9 Å². The second-order valence-electron chi connectivity index (χ2n) is 6.20. The molecule has 1 heterocycles. The number of hydrogen-bond acceptors (Lipinski definition) is 5. The Morgan fingerprint density at radius 1 is 1.10 bits per heavy atom. The minimum absolute atomic E-state index is 0.113. The van der Waals surface area contributed by atoms with Crippen LogP contribution in [0.3, 0.4) is 0 Å². The second-order valence-corrected chi connectivity index (χ2v) is 7.29. The van der Waals surface area contributed by atoms with Gasteiger partial charge >= 0.3 is 5.97 Å². The van der Waals surface area contributed by atoms with Crippen LogP contribution in [0.4, 0.5) is 23.2 Å². The van der Waals surface area contributed by atoms with Crippen LogP contribution in [0, 0.1) is 23.3 Å². The lowest BCUT2D eigenvalue weighted by Gasteiger charge is -2.22. The normalized spacial score (nSPS) is 11.0. The molecule has 0 spiro atoms. The topological polar surface area (TPSA) is 59.5 Å². The van der Waals surface area contributed by atoms with Crippen LogP contribution in [0.5, 0.6) is 0 Å². The maximum atomic E-state index is 14.0. The Kier molecular flexibility index (Phi) is 6.66. The number of esters is 1. The molecule has 1 amide bonds. The van der Waals surface area contributed by atoms with Gasteiger partial charge in [0, 0.05) is 18.2 Å². The summed E-state index contributed by atoms with van der Waals surface area (Å²) in [6.07, 6.45) is -0.412. The van der Waals surface area contributed by atoms with Gasteiger partial charge in [-0.2, -0.15) is 0 Å². The van der Waals surface area contributed by atoms with E-state index in [0.29, 0.717) is 6.07 Å². The molecule has 0 N–H and O–H groups in total. The molecule has 0 fully saturated rings. The number of thiazole rings is 1. The highest BCUT2D eigenvalue weighted by Crippen LogP contribution is 2.30. The highest BCUT2D eigenvalue weighted by molar-refractivity contribution is 7.18. The number of carbonyl (C=O) groups excluding carboxylic acids is 2. The maximum Gasteiger partial charge on any atom is 0.306 e. The van der Waals surface area contributed by atoms with Crippen molar-refractivity contribution in [1.82, 2.24) is 4.98 Å². The molecular formula is C20H16F4N2O3S. The molecule has 3 aromatic rings. The van der Waals surface area contributed by atoms with Gasteiger partial charge in [-0.05, 0) is 25.1 Å². The Hall–Kier alpha value is -3.01. The number of ether oxygens (including phenoxy) is 1. The molecule has 10 heteroatoms. The van der Waals surface area contributed by atoms with Gasteiger partial charge in [0.25, 0.3) is 0 Å². The fourth-order valence-electron chi connectivity index (χ4n) is 2.78. The average molecular weight is 440 g/mol. The van der Waals surface area contributed by atoms with Crippen molar-refractivity contribution in [2.75, 3.05) is 11.5 Å². The predicted molar refractivity (Wildman–Crippen MR) is 103 cm³/mol. The molecule has 0 saturated heterocycles. The molecule has 158 valence electrons. The highest BCUT2D eigenvalue weighted by Gasteiger charge is 2.22. The molecule has 1 aromatic heterocycles. The standard InChI is InChI=1S/C20H16F4N2O3S/c1-2-29-17(28)7-6-16(27)26(12-5-3-4-11(21)8-12)10-15-25-19-18(24)13(22)9-14(23)20(19)30-15/h3-5,8-9H,2,6-7,10H2,1H3. The number of aromatic nitrogens is 1. The number of anilines is 1. The van der Waals surface area contributed by atoms with Crippen LogP contribution in [0.25, 0.3) is 10.2 Å². The maximum absolute atomic E-state index is 14.0. The summed E-state index contributed by atoms with van der Waals surface area (Å²) in [7, 11) is 0. The zero-order chi connectivity index (χ0) is 21.8. The third-order valence-electron chi connectivity index (χ3n) is 4.12. The van der Waals surface area contributed by atoms with Crippen LogP contribution < -0.4 is 4.90 Å². The van der Waals surface area contributed by atoms with Gasteiger partial charge in [-0.15, -0.1) is 11.3 Å². The summed E-state index contributed by atoms with van der Waals surface area (Å²) < 4.78 is 59.7. The van der Waals surface area contributed by atoms with Crippen molar-refractivity contribution in [3.05, 3.63) is 58.6 Å². The van der Waals surface area contributed by atoms with Gasteiger partial charge in [-0.25, -0.2) is 22.5 Å². The molecule has 0 aliphatic heterocycles. The van der Waals surface area contributed by atoms with Crippen molar-refractivity contribution in [3.63, 3.8) is 0 Å². The summed E-state index contributed by atoms with van der Waals surface area (Å²) in [6, 6.07) is 5.59. The van der Waals surface area contributed by atoms with Gasteiger partial charge < -0.3 is 9.64 Å². The minimum atomic E-state index is -1.37. The number of halogens is 4. The van der Waals surface area contributed by atoms with E-state index in [2.05, 4.69) is 4.98 Å². The zero-order valence-electron chi connectivity index (χ0n) is 15.8. The summed E-state index contributed by atoms with van der Waals surface area (Å²) in [5.41, 5.74) is -0.305. The van der Waals surface area contributed by atoms with Crippen molar-refractivity contribution in [2.45, 2.75) is 26.3 Å². The Labute approximate surface area is 172 Å². The average Bonchev–Trinajstić information content (AvgIpc) is 3.13. The van der Waals surface area contributed by atoms with Crippen LogP contribution >= 0.6 is 11.3 Å². The van der Waals surface area contributed by atoms with Crippen molar-refractivity contribution in [1.29, 1.82) is 0 Å². The smallest absolute Gasteiger partial charge is 0.306 e. The molecule has 0 radical (unpaired) electrons. The fourth-order valence-corrected chi connectivity index (χ4v) is 3.73. The molecular weight excluding hydrogens is 424 g/mol. The lowest BCUT2D eigenvalue weighted by molar-refractivity contribution is -0.144. The first kappa shape index (κ1) is 21.7. The van der Waals surface area contributed by atoms with E-state index in [1.54, 1.807) is 6.92 Å². The van der Waals surface area contributed by atoms with Gasteiger partial charge in [0.1, 0.15) is 22.2 Å². The first-order valence-corrected chi connectivity index (χ1v) is 9.76. The Balaban J connectivity index is 1.92. The third kappa shape index (κ3) is 4.76. The third-order valence-corrected chi connectivity index (χ3v) is 5.17. The van der Waals surface area contributed by atoms with Crippen molar-refractivity contribution < 1.29 is 31.9 Å². The number of nitrogens with zero attached hydrogens (tertiary/aromatic N) is 2. The monoisotopic (exact) mass is 440 g/mol. The zero-order valence-corrected chi connectivity index (χ0v) is 16.6. The van der Waals surface area contributed by atoms with E-state index in [0.717, 1.165) is 22.3 Å². The first-order valence-electron chi connectivity index (χ1n) is 8.94. The summed E-state index contributed by atoms with van der Waals surface area (Å²) >= 11 is 0.752. The predicted octanol–water partition coefficient (Wildman–Crippen LogP) is 4.73. The molecule has 0 unspecified atom stereocenters. The van der Waals surface area contributed by atoms with Gasteiger partial charge in [0.2, 0.25) is 5.91 Å². The van der Waals surface area contributed by atoms with E-state index < -0.39 is 40.7 Å². The van der Waals surface area contributed by atoms with Crippen LogP contribution in [0.1, 0.15) is 24.8 Å². The largest absolute Gasteiger partial charge is 0.466 e. The number of carbonyl (C=O) groups is 2.